The van der Waals surface area contributed by atoms with E-state index in [1.165, 1.54) is 24.5 Å². The molecule has 2 atom stereocenters. The van der Waals surface area contributed by atoms with Gasteiger partial charge in [0.15, 0.2) is 11.3 Å². The summed E-state index contributed by atoms with van der Waals surface area (Å²) in [5.74, 6) is 0.0962. The SMILES string of the molecule is O=S(=O)(Nc1cc(OC2CCNCC2F)c2occc2c1)c1ccccc1C(F)(F)F. The van der Waals surface area contributed by atoms with Crippen molar-refractivity contribution < 1.29 is 35.1 Å². The molecule has 0 amide bonds. The zero-order valence-corrected chi connectivity index (χ0v) is 16.8. The third-order valence-electron chi connectivity index (χ3n) is 4.88. The predicted molar refractivity (Wildman–Crippen MR) is 105 cm³/mol. The highest BCUT2D eigenvalue weighted by molar-refractivity contribution is 7.92. The summed E-state index contributed by atoms with van der Waals surface area (Å²) in [6.07, 6.45) is -5.16. The van der Waals surface area contributed by atoms with Gasteiger partial charge < -0.3 is 14.5 Å². The number of fused-ring (bicyclic) bond motifs is 1. The van der Waals surface area contributed by atoms with Gasteiger partial charge in [-0.15, -0.1) is 0 Å². The van der Waals surface area contributed by atoms with Crippen molar-refractivity contribution in [1.29, 1.82) is 0 Å². The summed E-state index contributed by atoms with van der Waals surface area (Å²) < 4.78 is 92.8. The van der Waals surface area contributed by atoms with E-state index >= 15 is 0 Å². The van der Waals surface area contributed by atoms with Gasteiger partial charge in [-0.05, 0) is 37.2 Å². The van der Waals surface area contributed by atoms with Gasteiger partial charge in [0.2, 0.25) is 0 Å². The Morgan fingerprint density at radius 2 is 1.94 bits per heavy atom. The molecule has 4 rings (SSSR count). The fraction of sp³-hybridized carbons (Fsp3) is 0.300. The lowest BCUT2D eigenvalue weighted by molar-refractivity contribution is -0.139. The highest BCUT2D eigenvalue weighted by Gasteiger charge is 2.37. The average molecular weight is 458 g/mol. The highest BCUT2D eigenvalue weighted by Crippen LogP contribution is 2.36. The summed E-state index contributed by atoms with van der Waals surface area (Å²) in [5.41, 5.74) is -1.03. The molecule has 11 heteroatoms. The Balaban J connectivity index is 1.69. The van der Waals surface area contributed by atoms with Gasteiger partial charge in [0, 0.05) is 18.0 Å². The molecule has 31 heavy (non-hydrogen) atoms. The van der Waals surface area contributed by atoms with Crippen molar-refractivity contribution in [2.24, 2.45) is 0 Å². The van der Waals surface area contributed by atoms with Crippen LogP contribution in [0.2, 0.25) is 0 Å². The van der Waals surface area contributed by atoms with Crippen molar-refractivity contribution in [2.75, 3.05) is 17.8 Å². The smallest absolute Gasteiger partial charge is 0.417 e. The third kappa shape index (κ3) is 4.47. The number of alkyl halides is 4. The molecule has 2 heterocycles. The summed E-state index contributed by atoms with van der Waals surface area (Å²) in [6, 6.07) is 8.10. The van der Waals surface area contributed by atoms with E-state index in [1.807, 2.05) is 0 Å². The van der Waals surface area contributed by atoms with E-state index in [-0.39, 0.29) is 23.6 Å². The largest absolute Gasteiger partial charge is 0.483 e. The lowest BCUT2D eigenvalue weighted by atomic mass is 10.1. The van der Waals surface area contributed by atoms with E-state index in [4.69, 9.17) is 9.15 Å². The summed E-state index contributed by atoms with van der Waals surface area (Å²) >= 11 is 0. The Hall–Kier alpha value is -2.79. The number of ether oxygens (including phenoxy) is 1. The number of nitrogens with one attached hydrogen (secondary N) is 2. The van der Waals surface area contributed by atoms with Crippen molar-refractivity contribution in [3.8, 4) is 5.75 Å². The second kappa shape index (κ2) is 8.04. The number of sulfonamides is 1. The van der Waals surface area contributed by atoms with Crippen LogP contribution in [-0.4, -0.2) is 33.8 Å². The van der Waals surface area contributed by atoms with Crippen LogP contribution >= 0.6 is 0 Å². The summed E-state index contributed by atoms with van der Waals surface area (Å²) in [6.45, 7) is 0.666. The van der Waals surface area contributed by atoms with Crippen LogP contribution in [0.25, 0.3) is 11.0 Å². The average Bonchev–Trinajstić information content (AvgIpc) is 3.18. The number of hydrogen-bond acceptors (Lipinski definition) is 5. The summed E-state index contributed by atoms with van der Waals surface area (Å²) in [4.78, 5) is -0.903. The van der Waals surface area contributed by atoms with Gasteiger partial charge >= 0.3 is 6.18 Å². The molecule has 1 saturated heterocycles. The van der Waals surface area contributed by atoms with Crippen LogP contribution in [0.4, 0.5) is 23.2 Å². The Kier molecular flexibility index (Phi) is 5.56. The number of halogens is 4. The number of anilines is 1. The lowest BCUT2D eigenvalue weighted by Gasteiger charge is -2.27. The van der Waals surface area contributed by atoms with Crippen molar-refractivity contribution in [3.05, 3.63) is 54.3 Å². The monoisotopic (exact) mass is 458 g/mol. The molecule has 6 nitrogen and oxygen atoms in total. The van der Waals surface area contributed by atoms with Gasteiger partial charge in [0.1, 0.15) is 12.3 Å². The van der Waals surface area contributed by atoms with E-state index in [2.05, 4.69) is 10.0 Å². The number of piperidine rings is 1. The lowest BCUT2D eigenvalue weighted by Crippen LogP contribution is -2.44. The molecule has 2 aromatic carbocycles. The van der Waals surface area contributed by atoms with Gasteiger partial charge in [-0.2, -0.15) is 13.2 Å². The normalized spacial score (nSPS) is 20.0. The molecule has 166 valence electrons. The van der Waals surface area contributed by atoms with Crippen LogP contribution in [0.5, 0.6) is 5.75 Å². The Morgan fingerprint density at radius 1 is 1.16 bits per heavy atom. The van der Waals surface area contributed by atoms with Gasteiger partial charge in [-0.25, -0.2) is 12.8 Å². The van der Waals surface area contributed by atoms with Gasteiger partial charge in [0.05, 0.1) is 22.4 Å². The predicted octanol–water partition coefficient (Wildman–Crippen LogP) is 4.33. The molecule has 0 spiro atoms. The molecule has 1 aromatic heterocycles. The minimum atomic E-state index is -4.85. The minimum Gasteiger partial charge on any atom is -0.483 e. The van der Waals surface area contributed by atoms with E-state index < -0.39 is 38.9 Å². The molecule has 2 unspecified atom stereocenters. The Bertz CT molecular complexity index is 1190. The second-order valence-electron chi connectivity index (χ2n) is 7.08. The first-order valence-electron chi connectivity index (χ1n) is 9.37. The molecule has 0 saturated carbocycles. The minimum absolute atomic E-state index is 0.0368. The zero-order valence-electron chi connectivity index (χ0n) is 15.9. The molecule has 1 aliphatic rings. The van der Waals surface area contributed by atoms with Crippen molar-refractivity contribution in [1.82, 2.24) is 5.32 Å². The van der Waals surface area contributed by atoms with Crippen LogP contribution in [-0.2, 0) is 16.2 Å². The number of rotatable bonds is 5. The van der Waals surface area contributed by atoms with Gasteiger partial charge in [-0.1, -0.05) is 12.1 Å². The second-order valence-corrected chi connectivity index (χ2v) is 8.73. The van der Waals surface area contributed by atoms with E-state index in [9.17, 15) is 26.0 Å². The molecule has 0 bridgehead atoms. The van der Waals surface area contributed by atoms with E-state index in [1.54, 1.807) is 6.07 Å². The van der Waals surface area contributed by atoms with Crippen LogP contribution < -0.4 is 14.8 Å². The molecular weight excluding hydrogens is 440 g/mol. The molecule has 1 aliphatic heterocycles. The van der Waals surface area contributed by atoms with Crippen LogP contribution in [0, 0.1) is 0 Å². The number of furan rings is 1. The standard InChI is InChI=1S/C20H18F4N2O4S/c21-15-11-25-7-5-16(15)30-17-10-13(9-12-6-8-29-19(12)17)26-31(27,28)18-4-2-1-3-14(18)20(22,23)24/h1-4,6,8-10,15-16,25-26H,5,7,11H2. The maximum atomic E-state index is 14.2. The van der Waals surface area contributed by atoms with Crippen molar-refractivity contribution in [2.45, 2.75) is 29.8 Å². The number of hydrogen-bond donors (Lipinski definition) is 2. The first-order chi connectivity index (χ1) is 14.6. The summed E-state index contributed by atoms with van der Waals surface area (Å²) in [7, 11) is -4.58. The van der Waals surface area contributed by atoms with E-state index in [0.29, 0.717) is 24.4 Å². The molecular formula is C20H18F4N2O4S. The Morgan fingerprint density at radius 3 is 2.68 bits per heavy atom. The maximum Gasteiger partial charge on any atom is 0.417 e. The van der Waals surface area contributed by atoms with E-state index in [0.717, 1.165) is 12.1 Å². The van der Waals surface area contributed by atoms with Crippen LogP contribution in [0.3, 0.4) is 0 Å². The zero-order chi connectivity index (χ0) is 22.2. The van der Waals surface area contributed by atoms with Gasteiger partial charge in [0.25, 0.3) is 10.0 Å². The number of benzene rings is 2. The fourth-order valence-electron chi connectivity index (χ4n) is 3.43. The van der Waals surface area contributed by atoms with Crippen LogP contribution in [0.1, 0.15) is 12.0 Å². The van der Waals surface area contributed by atoms with Crippen molar-refractivity contribution >= 4 is 26.7 Å². The van der Waals surface area contributed by atoms with Gasteiger partial charge in [-0.3, -0.25) is 4.72 Å². The highest BCUT2D eigenvalue weighted by atomic mass is 32.2. The first kappa shape index (κ1) is 21.4. The topological polar surface area (TPSA) is 80.6 Å². The molecule has 1 fully saturated rings. The molecule has 0 aliphatic carbocycles. The quantitative estimate of drug-likeness (QED) is 0.557. The molecule has 0 radical (unpaired) electrons. The maximum absolute atomic E-state index is 14.2. The molecule has 3 aromatic rings. The molecule has 2 N–H and O–H groups in total. The third-order valence-corrected chi connectivity index (χ3v) is 6.32. The van der Waals surface area contributed by atoms with Crippen LogP contribution in [0.15, 0.2) is 58.0 Å². The fourth-order valence-corrected chi connectivity index (χ4v) is 4.70. The first-order valence-corrected chi connectivity index (χ1v) is 10.9. The summed E-state index contributed by atoms with van der Waals surface area (Å²) in [5, 5.41) is 3.35. The van der Waals surface area contributed by atoms with Crippen molar-refractivity contribution in [3.63, 3.8) is 0 Å². The Labute approximate surface area is 175 Å².